The Hall–Kier alpha value is -4.06. The maximum absolute atomic E-state index is 13.3. The number of anilines is 1. The number of benzene rings is 2. The van der Waals surface area contributed by atoms with Gasteiger partial charge in [-0.1, -0.05) is 42.5 Å². The van der Waals surface area contributed by atoms with Gasteiger partial charge in [0, 0.05) is 13.6 Å². The third kappa shape index (κ3) is 4.03. The molecule has 1 unspecified atom stereocenters. The first-order chi connectivity index (χ1) is 16.1. The first kappa shape index (κ1) is 23.1. The molecule has 176 valence electrons. The molecule has 2 amide bonds. The van der Waals surface area contributed by atoms with Gasteiger partial charge in [0.15, 0.2) is 4.90 Å². The number of carbonyl (C=O) groups excluding carboxylic acids is 2. The lowest BCUT2D eigenvalue weighted by molar-refractivity contribution is -0.126. The van der Waals surface area contributed by atoms with Crippen LogP contribution in [-0.4, -0.2) is 34.6 Å². The van der Waals surface area contributed by atoms with Crippen molar-refractivity contribution in [1.82, 2.24) is 14.5 Å². The lowest BCUT2D eigenvalue weighted by Gasteiger charge is -2.25. The number of halogens is 1. The molecule has 0 aliphatic carbocycles. The fourth-order valence-corrected chi connectivity index (χ4v) is 5.38. The molecule has 0 fully saturated rings. The van der Waals surface area contributed by atoms with Gasteiger partial charge in [-0.3, -0.25) is 23.5 Å². The van der Waals surface area contributed by atoms with Crippen molar-refractivity contribution >= 4 is 27.5 Å². The van der Waals surface area contributed by atoms with Crippen molar-refractivity contribution < 1.29 is 22.4 Å². The SMILES string of the molecule is Cn1c2c(c(=O)n(Cc3ccccc3)c1=O)S(=O)(=O)C(C(=O)NCc1ccc(F)cc1)C(=O)N2. The summed E-state index contributed by atoms with van der Waals surface area (Å²) in [4.78, 5) is 50.4. The van der Waals surface area contributed by atoms with E-state index in [1.807, 2.05) is 0 Å². The van der Waals surface area contributed by atoms with E-state index in [1.54, 1.807) is 30.3 Å². The van der Waals surface area contributed by atoms with Crippen LogP contribution in [0.3, 0.4) is 0 Å². The van der Waals surface area contributed by atoms with Gasteiger partial charge in [0.05, 0.1) is 6.54 Å². The first-order valence-corrected chi connectivity index (χ1v) is 11.6. The summed E-state index contributed by atoms with van der Waals surface area (Å²) in [7, 11) is -3.59. The predicted molar refractivity (Wildman–Crippen MR) is 119 cm³/mol. The largest absolute Gasteiger partial charge is 0.350 e. The van der Waals surface area contributed by atoms with Gasteiger partial charge < -0.3 is 10.6 Å². The fourth-order valence-electron chi connectivity index (χ4n) is 3.63. The van der Waals surface area contributed by atoms with Crippen molar-refractivity contribution in [2.24, 2.45) is 7.05 Å². The molecule has 34 heavy (non-hydrogen) atoms. The van der Waals surface area contributed by atoms with Gasteiger partial charge in [-0.15, -0.1) is 0 Å². The Bertz CT molecular complexity index is 1510. The molecule has 2 aromatic carbocycles. The minimum Gasteiger partial charge on any atom is -0.350 e. The maximum atomic E-state index is 13.3. The topological polar surface area (TPSA) is 136 Å². The smallest absolute Gasteiger partial charge is 0.332 e. The van der Waals surface area contributed by atoms with Crippen molar-refractivity contribution in [2.75, 3.05) is 5.32 Å². The molecule has 1 atom stereocenters. The molecule has 2 N–H and O–H groups in total. The second-order valence-electron chi connectivity index (χ2n) is 7.65. The number of hydrogen-bond donors (Lipinski definition) is 2. The number of sulfone groups is 1. The molecular formula is C22H19FN4O6S. The van der Waals surface area contributed by atoms with Crippen LogP contribution in [0.4, 0.5) is 10.2 Å². The number of nitrogens with one attached hydrogen (secondary N) is 2. The van der Waals surface area contributed by atoms with Crippen LogP contribution in [0.1, 0.15) is 11.1 Å². The summed E-state index contributed by atoms with van der Waals surface area (Å²) in [5.41, 5.74) is -0.926. The van der Waals surface area contributed by atoms with E-state index in [0.717, 1.165) is 21.3 Å². The van der Waals surface area contributed by atoms with E-state index in [-0.39, 0.29) is 13.1 Å². The van der Waals surface area contributed by atoms with Gasteiger partial charge >= 0.3 is 5.69 Å². The average Bonchev–Trinajstić information content (AvgIpc) is 2.80. The van der Waals surface area contributed by atoms with E-state index in [9.17, 15) is 32.0 Å². The molecule has 10 nitrogen and oxygen atoms in total. The highest BCUT2D eigenvalue weighted by atomic mass is 32.2. The van der Waals surface area contributed by atoms with Crippen molar-refractivity contribution in [3.8, 4) is 0 Å². The van der Waals surface area contributed by atoms with Crippen molar-refractivity contribution in [3.63, 3.8) is 0 Å². The Kier molecular flexibility index (Phi) is 5.92. The van der Waals surface area contributed by atoms with Crippen LogP contribution in [0, 0.1) is 5.82 Å². The number of amides is 2. The highest BCUT2D eigenvalue weighted by molar-refractivity contribution is 7.94. The van der Waals surface area contributed by atoms with Gasteiger partial charge in [-0.25, -0.2) is 17.6 Å². The first-order valence-electron chi connectivity index (χ1n) is 10.1. The lowest BCUT2D eigenvalue weighted by atomic mass is 10.2. The van der Waals surface area contributed by atoms with Gasteiger partial charge in [0.1, 0.15) is 11.6 Å². The summed E-state index contributed by atoms with van der Waals surface area (Å²) >= 11 is 0. The summed E-state index contributed by atoms with van der Waals surface area (Å²) in [5, 5.41) is 2.30. The second-order valence-corrected chi connectivity index (χ2v) is 9.62. The van der Waals surface area contributed by atoms with E-state index in [1.165, 1.54) is 19.2 Å². The highest BCUT2D eigenvalue weighted by Crippen LogP contribution is 2.26. The summed E-state index contributed by atoms with van der Waals surface area (Å²) in [5.74, 6) is -3.33. The predicted octanol–water partition coefficient (Wildman–Crippen LogP) is 0.145. The quantitative estimate of drug-likeness (QED) is 0.493. The van der Waals surface area contributed by atoms with Crippen molar-refractivity contribution in [3.05, 3.63) is 92.4 Å². The second kappa shape index (κ2) is 8.71. The van der Waals surface area contributed by atoms with Crippen LogP contribution in [-0.2, 0) is 39.6 Å². The zero-order valence-electron chi connectivity index (χ0n) is 17.8. The third-order valence-corrected chi connectivity index (χ3v) is 7.37. The van der Waals surface area contributed by atoms with Gasteiger partial charge in [0.25, 0.3) is 11.5 Å². The number of aromatic nitrogens is 2. The zero-order chi connectivity index (χ0) is 24.6. The van der Waals surface area contributed by atoms with Crippen LogP contribution < -0.4 is 21.9 Å². The van der Waals surface area contributed by atoms with E-state index >= 15 is 0 Å². The molecule has 1 aliphatic heterocycles. The Morgan fingerprint density at radius 3 is 2.32 bits per heavy atom. The third-order valence-electron chi connectivity index (χ3n) is 5.38. The molecule has 1 aromatic heterocycles. The van der Waals surface area contributed by atoms with Crippen LogP contribution in [0.25, 0.3) is 0 Å². The molecule has 1 aliphatic rings. The van der Waals surface area contributed by atoms with Gasteiger partial charge in [-0.2, -0.15) is 0 Å². The number of rotatable bonds is 5. The van der Waals surface area contributed by atoms with E-state index < -0.39 is 54.7 Å². The summed E-state index contributed by atoms with van der Waals surface area (Å²) in [6.07, 6.45) is 0. The van der Waals surface area contributed by atoms with Crippen LogP contribution >= 0.6 is 0 Å². The van der Waals surface area contributed by atoms with Gasteiger partial charge in [-0.05, 0) is 23.3 Å². The van der Waals surface area contributed by atoms with Gasteiger partial charge in [0.2, 0.25) is 21.0 Å². The Balaban J connectivity index is 1.73. The Morgan fingerprint density at radius 2 is 1.68 bits per heavy atom. The normalized spacial score (nSPS) is 16.4. The molecule has 12 heteroatoms. The standard InChI is InChI=1S/C22H19FN4O6S/c1-26-18-16(21(30)27(22(26)31)12-14-5-3-2-4-6-14)34(32,33)17(20(29)25-18)19(28)24-11-13-7-9-15(23)10-8-13/h2-10,17H,11-12H2,1H3,(H,24,28)(H,25,29). The molecule has 3 aromatic rings. The molecule has 0 radical (unpaired) electrons. The summed E-state index contributed by atoms with van der Waals surface area (Å²) in [6, 6.07) is 13.6. The lowest BCUT2D eigenvalue weighted by Crippen LogP contribution is -2.54. The number of nitrogens with zero attached hydrogens (tertiary/aromatic N) is 2. The molecule has 0 saturated carbocycles. The van der Waals surface area contributed by atoms with E-state index in [2.05, 4.69) is 10.6 Å². The molecule has 2 heterocycles. The molecule has 0 saturated heterocycles. The monoisotopic (exact) mass is 486 g/mol. The Labute approximate surface area is 192 Å². The number of hydrogen-bond acceptors (Lipinski definition) is 6. The van der Waals surface area contributed by atoms with Crippen LogP contribution in [0.2, 0.25) is 0 Å². The maximum Gasteiger partial charge on any atom is 0.332 e. The summed E-state index contributed by atoms with van der Waals surface area (Å²) in [6.45, 7) is -0.374. The van der Waals surface area contributed by atoms with Crippen molar-refractivity contribution in [1.29, 1.82) is 0 Å². The minimum absolute atomic E-state index is 0.170. The molecule has 0 spiro atoms. The average molecular weight is 486 g/mol. The summed E-state index contributed by atoms with van der Waals surface area (Å²) < 4.78 is 41.2. The fraction of sp³-hybridized carbons (Fsp3) is 0.182. The number of fused-ring (bicyclic) bond motifs is 1. The van der Waals surface area contributed by atoms with Crippen LogP contribution in [0.5, 0.6) is 0 Å². The van der Waals surface area contributed by atoms with E-state index in [0.29, 0.717) is 11.1 Å². The van der Waals surface area contributed by atoms with E-state index in [4.69, 9.17) is 0 Å². The zero-order valence-corrected chi connectivity index (χ0v) is 18.6. The van der Waals surface area contributed by atoms with Crippen LogP contribution in [0.15, 0.2) is 69.1 Å². The minimum atomic E-state index is -4.80. The van der Waals surface area contributed by atoms with Crippen molar-refractivity contribution in [2.45, 2.75) is 23.2 Å². The molecular weight excluding hydrogens is 467 g/mol. The molecule has 0 bridgehead atoms. The highest BCUT2D eigenvalue weighted by Gasteiger charge is 2.48. The Morgan fingerprint density at radius 1 is 1.03 bits per heavy atom. The molecule has 4 rings (SSSR count). The number of carbonyl (C=O) groups is 2.